The third-order valence-corrected chi connectivity index (χ3v) is 2.83. The first kappa shape index (κ1) is 11.4. The van der Waals surface area contributed by atoms with Gasteiger partial charge in [0.1, 0.15) is 12.2 Å². The van der Waals surface area contributed by atoms with Crippen molar-refractivity contribution in [1.82, 2.24) is 9.55 Å². The largest absolute Gasteiger partial charge is 0.481 e. The van der Waals surface area contributed by atoms with Gasteiger partial charge in [-0.3, -0.25) is 4.79 Å². The van der Waals surface area contributed by atoms with Crippen LogP contribution in [0, 0.1) is 6.92 Å². The number of imidazole rings is 1. The van der Waals surface area contributed by atoms with E-state index in [2.05, 4.69) is 4.98 Å². The average molecular weight is 230 g/mol. The molecule has 0 aliphatic rings. The average Bonchev–Trinajstić information content (AvgIpc) is 2.58. The van der Waals surface area contributed by atoms with E-state index in [0.717, 1.165) is 17.0 Å². The number of aromatic nitrogens is 2. The zero-order chi connectivity index (χ0) is 12.4. The molecular formula is C13H14N2O2. The maximum atomic E-state index is 10.7. The third-order valence-electron chi connectivity index (χ3n) is 2.83. The van der Waals surface area contributed by atoms with Crippen molar-refractivity contribution in [2.24, 2.45) is 7.05 Å². The van der Waals surface area contributed by atoms with Crippen LogP contribution >= 0.6 is 0 Å². The molecule has 0 radical (unpaired) electrons. The Morgan fingerprint density at radius 1 is 1.35 bits per heavy atom. The van der Waals surface area contributed by atoms with Gasteiger partial charge < -0.3 is 9.67 Å². The number of carboxylic acids is 1. The van der Waals surface area contributed by atoms with Crippen LogP contribution in [0.3, 0.4) is 0 Å². The standard InChI is InChI=1S/C13H14N2O2/c1-9-13(10-6-4-3-5-7-10)14-11(15(9)2)8-12(16)17/h3-7H,8H2,1-2H3,(H,16,17). The highest BCUT2D eigenvalue weighted by Gasteiger charge is 2.14. The summed E-state index contributed by atoms with van der Waals surface area (Å²) >= 11 is 0. The molecule has 0 spiro atoms. The quantitative estimate of drug-likeness (QED) is 0.877. The van der Waals surface area contributed by atoms with Crippen molar-refractivity contribution in [3.63, 3.8) is 0 Å². The zero-order valence-electron chi connectivity index (χ0n) is 9.84. The van der Waals surface area contributed by atoms with E-state index in [4.69, 9.17) is 5.11 Å². The lowest BCUT2D eigenvalue weighted by Gasteiger charge is -2.00. The third kappa shape index (κ3) is 2.20. The topological polar surface area (TPSA) is 55.1 Å². The zero-order valence-corrected chi connectivity index (χ0v) is 9.84. The molecule has 2 aromatic rings. The Kier molecular flexibility index (Phi) is 2.95. The molecule has 1 heterocycles. The van der Waals surface area contributed by atoms with Crippen LogP contribution in [0.1, 0.15) is 11.5 Å². The summed E-state index contributed by atoms with van der Waals surface area (Å²) in [6.45, 7) is 1.95. The van der Waals surface area contributed by atoms with E-state index < -0.39 is 5.97 Å². The van der Waals surface area contributed by atoms with Gasteiger partial charge in [-0.2, -0.15) is 0 Å². The summed E-state index contributed by atoms with van der Waals surface area (Å²) in [6.07, 6.45) is -0.0514. The number of rotatable bonds is 3. The van der Waals surface area contributed by atoms with Gasteiger partial charge in [-0.15, -0.1) is 0 Å². The van der Waals surface area contributed by atoms with Gasteiger partial charge in [0.25, 0.3) is 0 Å². The van der Waals surface area contributed by atoms with Crippen LogP contribution in [0.4, 0.5) is 0 Å². The Morgan fingerprint density at radius 3 is 2.59 bits per heavy atom. The van der Waals surface area contributed by atoms with Crippen LogP contribution in [0.15, 0.2) is 30.3 Å². The smallest absolute Gasteiger partial charge is 0.311 e. The molecule has 0 saturated carbocycles. The first-order valence-corrected chi connectivity index (χ1v) is 5.39. The fourth-order valence-electron chi connectivity index (χ4n) is 1.80. The van der Waals surface area contributed by atoms with Crippen molar-refractivity contribution in [3.05, 3.63) is 41.9 Å². The van der Waals surface area contributed by atoms with Crippen molar-refractivity contribution in [3.8, 4) is 11.3 Å². The number of aliphatic carboxylic acids is 1. The minimum Gasteiger partial charge on any atom is -0.481 e. The van der Waals surface area contributed by atoms with Gasteiger partial charge >= 0.3 is 5.97 Å². The van der Waals surface area contributed by atoms with Gasteiger partial charge in [-0.25, -0.2) is 4.98 Å². The summed E-state index contributed by atoms with van der Waals surface area (Å²) < 4.78 is 1.83. The van der Waals surface area contributed by atoms with Crippen molar-refractivity contribution in [1.29, 1.82) is 0 Å². The molecule has 0 unspecified atom stereocenters. The summed E-state index contributed by atoms with van der Waals surface area (Å²) in [4.78, 5) is 15.1. The lowest BCUT2D eigenvalue weighted by Crippen LogP contribution is -2.06. The van der Waals surface area contributed by atoms with Crippen LogP contribution in [-0.4, -0.2) is 20.6 Å². The Morgan fingerprint density at radius 2 is 2.00 bits per heavy atom. The Balaban J connectivity index is 2.46. The van der Waals surface area contributed by atoms with Crippen molar-refractivity contribution >= 4 is 5.97 Å². The minimum absolute atomic E-state index is 0.0514. The second-order valence-electron chi connectivity index (χ2n) is 3.96. The highest BCUT2D eigenvalue weighted by atomic mass is 16.4. The maximum absolute atomic E-state index is 10.7. The highest BCUT2D eigenvalue weighted by Crippen LogP contribution is 2.22. The number of nitrogens with zero attached hydrogens (tertiary/aromatic N) is 2. The lowest BCUT2D eigenvalue weighted by molar-refractivity contribution is -0.136. The van der Waals surface area contributed by atoms with Gasteiger partial charge in [0, 0.05) is 18.3 Å². The summed E-state index contributed by atoms with van der Waals surface area (Å²) in [5.41, 5.74) is 2.84. The van der Waals surface area contributed by atoms with Gasteiger partial charge in [0.2, 0.25) is 0 Å². The Bertz CT molecular complexity index is 544. The molecule has 1 aromatic carbocycles. The molecule has 88 valence electrons. The molecule has 0 bridgehead atoms. The second kappa shape index (κ2) is 4.41. The fraction of sp³-hybridized carbons (Fsp3) is 0.231. The number of carboxylic acid groups (broad SMARTS) is 1. The molecule has 17 heavy (non-hydrogen) atoms. The van der Waals surface area contributed by atoms with Crippen molar-refractivity contribution in [2.45, 2.75) is 13.3 Å². The SMILES string of the molecule is Cc1c(-c2ccccc2)nc(CC(=O)O)n1C. The van der Waals surface area contributed by atoms with Crippen molar-refractivity contribution < 1.29 is 9.90 Å². The van der Waals surface area contributed by atoms with E-state index in [0.29, 0.717) is 5.82 Å². The molecule has 0 aliphatic carbocycles. The Hall–Kier alpha value is -2.10. The van der Waals surface area contributed by atoms with Crippen LogP contribution in [0.2, 0.25) is 0 Å². The monoisotopic (exact) mass is 230 g/mol. The van der Waals surface area contributed by atoms with E-state index in [9.17, 15) is 4.79 Å². The van der Waals surface area contributed by atoms with E-state index in [1.165, 1.54) is 0 Å². The molecule has 2 rings (SSSR count). The van der Waals surface area contributed by atoms with Gasteiger partial charge in [0.15, 0.2) is 0 Å². The molecule has 0 atom stereocenters. The number of hydrogen-bond donors (Lipinski definition) is 1. The molecule has 4 heteroatoms. The number of hydrogen-bond acceptors (Lipinski definition) is 2. The highest BCUT2D eigenvalue weighted by molar-refractivity contribution is 5.70. The van der Waals surface area contributed by atoms with E-state index in [1.54, 1.807) is 0 Å². The van der Waals surface area contributed by atoms with Crippen molar-refractivity contribution in [2.75, 3.05) is 0 Å². The minimum atomic E-state index is -0.863. The Labute approximate surface area is 99.5 Å². The van der Waals surface area contributed by atoms with Crippen LogP contribution in [-0.2, 0) is 18.3 Å². The normalized spacial score (nSPS) is 10.5. The first-order chi connectivity index (χ1) is 8.09. The molecule has 0 saturated heterocycles. The van der Waals surface area contributed by atoms with E-state index >= 15 is 0 Å². The maximum Gasteiger partial charge on any atom is 0.311 e. The second-order valence-corrected chi connectivity index (χ2v) is 3.96. The molecule has 1 aromatic heterocycles. The molecule has 0 amide bonds. The summed E-state index contributed by atoms with van der Waals surface area (Å²) in [7, 11) is 1.84. The number of benzene rings is 1. The predicted octanol–water partition coefficient (Wildman–Crippen LogP) is 2.02. The van der Waals surface area contributed by atoms with E-state index in [1.807, 2.05) is 48.9 Å². The van der Waals surface area contributed by atoms with E-state index in [-0.39, 0.29) is 6.42 Å². The van der Waals surface area contributed by atoms with Gasteiger partial charge in [-0.1, -0.05) is 30.3 Å². The lowest BCUT2D eigenvalue weighted by atomic mass is 10.1. The summed E-state index contributed by atoms with van der Waals surface area (Å²) in [5.74, 6) is -0.286. The van der Waals surface area contributed by atoms with Gasteiger partial charge in [-0.05, 0) is 6.92 Å². The van der Waals surface area contributed by atoms with Crippen LogP contribution in [0.25, 0.3) is 11.3 Å². The molecule has 0 aliphatic heterocycles. The summed E-state index contributed by atoms with van der Waals surface area (Å²) in [6, 6.07) is 9.78. The van der Waals surface area contributed by atoms with Crippen LogP contribution in [0.5, 0.6) is 0 Å². The molecule has 1 N–H and O–H groups in total. The van der Waals surface area contributed by atoms with Crippen LogP contribution < -0.4 is 0 Å². The predicted molar refractivity (Wildman–Crippen MR) is 64.7 cm³/mol. The first-order valence-electron chi connectivity index (χ1n) is 5.39. The summed E-state index contributed by atoms with van der Waals surface area (Å²) in [5, 5.41) is 8.81. The molecule has 0 fully saturated rings. The molecular weight excluding hydrogens is 216 g/mol. The van der Waals surface area contributed by atoms with Gasteiger partial charge in [0.05, 0.1) is 5.69 Å². The molecule has 4 nitrogen and oxygen atoms in total. The number of carbonyl (C=O) groups is 1. The fourth-order valence-corrected chi connectivity index (χ4v) is 1.80.